The number of hydrogen-bond acceptors (Lipinski definition) is 6. The van der Waals surface area contributed by atoms with Crippen LogP contribution in [0.2, 0.25) is 0 Å². The Kier molecular flexibility index (Phi) is 56.5. The second-order valence-electron chi connectivity index (χ2n) is 23.5. The van der Waals surface area contributed by atoms with E-state index in [1.165, 1.54) is 238 Å². The lowest BCUT2D eigenvalue weighted by molar-refractivity contribution is -0.870. The number of nitrogens with one attached hydrogen (secondary N) is 1. The molecule has 0 radical (unpaired) electrons. The summed E-state index contributed by atoms with van der Waals surface area (Å²) < 4.78 is 23.4. The Bertz CT molecular complexity index is 1420. The second-order valence-corrected chi connectivity index (χ2v) is 24.9. The van der Waals surface area contributed by atoms with Crippen molar-refractivity contribution >= 4 is 13.7 Å². The van der Waals surface area contributed by atoms with Gasteiger partial charge in [-0.15, -0.1) is 0 Å². The predicted molar refractivity (Wildman–Crippen MR) is 330 cm³/mol. The van der Waals surface area contributed by atoms with E-state index in [1.54, 1.807) is 6.08 Å². The zero-order chi connectivity index (χ0) is 55.6. The van der Waals surface area contributed by atoms with Crippen LogP contribution in [0.5, 0.6) is 0 Å². The number of carbonyl (C=O) groups excluding carboxylic acids is 1. The number of allylic oxidation sites excluding steroid dienone is 9. The average Bonchev–Trinajstić information content (AvgIpc) is 3.38. The first-order chi connectivity index (χ1) is 37.0. The molecule has 76 heavy (non-hydrogen) atoms. The van der Waals surface area contributed by atoms with Gasteiger partial charge in [-0.25, -0.2) is 0 Å². The van der Waals surface area contributed by atoms with Gasteiger partial charge in [-0.1, -0.05) is 293 Å². The van der Waals surface area contributed by atoms with E-state index in [4.69, 9.17) is 9.05 Å². The first-order valence-corrected chi connectivity index (χ1v) is 34.1. The number of phosphoric ester groups is 1. The fourth-order valence-corrected chi connectivity index (χ4v) is 10.3. The zero-order valence-electron chi connectivity index (χ0n) is 51.0. The summed E-state index contributed by atoms with van der Waals surface area (Å²) in [5.41, 5.74) is 0. The molecule has 9 heteroatoms. The van der Waals surface area contributed by atoms with Crippen LogP contribution in [0.4, 0.5) is 0 Å². The summed E-state index contributed by atoms with van der Waals surface area (Å²) in [6.07, 6.45) is 78.9. The smallest absolute Gasteiger partial charge is 0.268 e. The third kappa shape index (κ3) is 59.9. The van der Waals surface area contributed by atoms with Crippen molar-refractivity contribution in [2.24, 2.45) is 0 Å². The molecule has 0 fully saturated rings. The summed E-state index contributed by atoms with van der Waals surface area (Å²) in [5.74, 6) is -0.205. The summed E-state index contributed by atoms with van der Waals surface area (Å²) >= 11 is 0. The molecule has 3 atom stereocenters. The highest BCUT2D eigenvalue weighted by Gasteiger charge is 2.23. The van der Waals surface area contributed by atoms with Crippen LogP contribution in [0.3, 0.4) is 0 Å². The number of hydrogen-bond donors (Lipinski definition) is 2. The molecule has 0 aliphatic carbocycles. The van der Waals surface area contributed by atoms with Crippen LogP contribution in [0.1, 0.15) is 309 Å². The Morgan fingerprint density at radius 3 is 1.16 bits per heavy atom. The van der Waals surface area contributed by atoms with E-state index in [-0.39, 0.29) is 12.5 Å². The van der Waals surface area contributed by atoms with Crippen molar-refractivity contribution in [3.63, 3.8) is 0 Å². The number of aliphatic hydroxyl groups excluding tert-OH is 1. The molecule has 0 aromatic rings. The molecule has 446 valence electrons. The minimum absolute atomic E-state index is 0.00724. The lowest BCUT2D eigenvalue weighted by Crippen LogP contribution is -2.45. The molecular weight excluding hydrogens is 960 g/mol. The van der Waals surface area contributed by atoms with E-state index in [2.05, 4.69) is 67.8 Å². The van der Waals surface area contributed by atoms with Crippen LogP contribution in [-0.2, 0) is 18.4 Å². The molecule has 0 rings (SSSR count). The molecule has 0 saturated carbocycles. The van der Waals surface area contributed by atoms with Gasteiger partial charge >= 0.3 is 0 Å². The van der Waals surface area contributed by atoms with Gasteiger partial charge in [0.1, 0.15) is 13.2 Å². The van der Waals surface area contributed by atoms with Crippen molar-refractivity contribution in [1.82, 2.24) is 5.32 Å². The maximum absolute atomic E-state index is 13.0. The number of phosphoric acid groups is 1. The van der Waals surface area contributed by atoms with Gasteiger partial charge in [0.05, 0.1) is 39.9 Å². The number of unbranched alkanes of at least 4 members (excludes halogenated alkanes) is 39. The van der Waals surface area contributed by atoms with Gasteiger partial charge in [-0.2, -0.15) is 0 Å². The Morgan fingerprint density at radius 1 is 0.461 bits per heavy atom. The fraction of sp³-hybridized carbons (Fsp3) is 0.836. The van der Waals surface area contributed by atoms with Crippen LogP contribution in [0.25, 0.3) is 0 Å². The first-order valence-electron chi connectivity index (χ1n) is 32.7. The highest BCUT2D eigenvalue weighted by atomic mass is 31.2. The van der Waals surface area contributed by atoms with Crippen molar-refractivity contribution in [2.45, 2.75) is 321 Å². The van der Waals surface area contributed by atoms with Gasteiger partial charge in [-0.05, 0) is 70.6 Å². The predicted octanol–water partition coefficient (Wildman–Crippen LogP) is 19.8. The van der Waals surface area contributed by atoms with Gasteiger partial charge in [0, 0.05) is 6.42 Å². The van der Waals surface area contributed by atoms with Crippen molar-refractivity contribution in [3.8, 4) is 0 Å². The summed E-state index contributed by atoms with van der Waals surface area (Å²) in [4.78, 5) is 25.6. The van der Waals surface area contributed by atoms with Crippen molar-refractivity contribution in [1.29, 1.82) is 0 Å². The molecule has 8 nitrogen and oxygen atoms in total. The van der Waals surface area contributed by atoms with E-state index >= 15 is 0 Å². The Balaban J connectivity index is 4.16. The number of quaternary nitrogens is 1. The Morgan fingerprint density at radius 2 is 0.776 bits per heavy atom. The molecule has 0 aromatic heterocycles. The number of likely N-dealkylation sites (N-methyl/N-ethyl adjacent to an activating group) is 1. The number of nitrogens with zero attached hydrogens (tertiary/aromatic N) is 1. The van der Waals surface area contributed by atoms with E-state index in [9.17, 15) is 19.4 Å². The zero-order valence-corrected chi connectivity index (χ0v) is 51.9. The highest BCUT2D eigenvalue weighted by Crippen LogP contribution is 2.38. The summed E-state index contributed by atoms with van der Waals surface area (Å²) in [7, 11) is 1.25. The second kappa shape index (κ2) is 57.9. The Labute approximate surface area is 472 Å². The van der Waals surface area contributed by atoms with Gasteiger partial charge in [-0.3, -0.25) is 9.36 Å². The SMILES string of the molecule is CCCCCCC/C=C\C/C=C\C/C=C\CCCCCCCCCCCCCCCCC(=O)NC(COP(=O)([O-])OCC[N+](C)(C)C)C(O)/C=C/CC/C=C/CCCCCCCCCCCCCCCCCCCCC. The molecular formula is C67H127N2O6P. The molecule has 0 heterocycles. The van der Waals surface area contributed by atoms with Crippen LogP contribution in [0.15, 0.2) is 60.8 Å². The number of aliphatic hydroxyl groups is 1. The normalized spacial score (nSPS) is 14.1. The largest absolute Gasteiger partial charge is 0.756 e. The van der Waals surface area contributed by atoms with E-state index in [0.29, 0.717) is 17.4 Å². The number of amides is 1. The topological polar surface area (TPSA) is 108 Å². The third-order valence-electron chi connectivity index (χ3n) is 14.7. The Hall–Kier alpha value is -1.80. The third-order valence-corrected chi connectivity index (χ3v) is 15.7. The van der Waals surface area contributed by atoms with Gasteiger partial charge in [0.2, 0.25) is 5.91 Å². The van der Waals surface area contributed by atoms with Crippen LogP contribution < -0.4 is 10.2 Å². The quantitative estimate of drug-likeness (QED) is 0.0272. The van der Waals surface area contributed by atoms with Gasteiger partial charge in [0.15, 0.2) is 0 Å². The van der Waals surface area contributed by atoms with E-state index in [0.717, 1.165) is 51.4 Å². The molecule has 3 unspecified atom stereocenters. The summed E-state index contributed by atoms with van der Waals surface area (Å²) in [5, 5.41) is 13.9. The molecule has 0 aliphatic heterocycles. The molecule has 0 bridgehead atoms. The van der Waals surface area contributed by atoms with Crippen molar-refractivity contribution < 1.29 is 32.9 Å². The van der Waals surface area contributed by atoms with Crippen LogP contribution in [0, 0.1) is 0 Å². The van der Waals surface area contributed by atoms with Crippen LogP contribution >= 0.6 is 7.82 Å². The molecule has 1 amide bonds. The van der Waals surface area contributed by atoms with E-state index < -0.39 is 26.6 Å². The van der Waals surface area contributed by atoms with Gasteiger partial charge < -0.3 is 28.8 Å². The molecule has 2 N–H and O–H groups in total. The maximum Gasteiger partial charge on any atom is 0.268 e. The summed E-state index contributed by atoms with van der Waals surface area (Å²) in [6.45, 7) is 4.65. The average molecular weight is 1090 g/mol. The minimum atomic E-state index is -4.61. The van der Waals surface area contributed by atoms with E-state index in [1.807, 2.05) is 27.2 Å². The number of carbonyl (C=O) groups is 1. The molecule has 0 aliphatic rings. The van der Waals surface area contributed by atoms with Gasteiger partial charge in [0.25, 0.3) is 7.82 Å². The molecule has 0 aromatic carbocycles. The lowest BCUT2D eigenvalue weighted by Gasteiger charge is -2.29. The van der Waals surface area contributed by atoms with Crippen molar-refractivity contribution in [3.05, 3.63) is 60.8 Å². The molecule has 0 saturated heterocycles. The minimum Gasteiger partial charge on any atom is -0.756 e. The monoisotopic (exact) mass is 1090 g/mol. The fourth-order valence-electron chi connectivity index (χ4n) is 9.59. The summed E-state index contributed by atoms with van der Waals surface area (Å²) in [6, 6.07) is -0.907. The maximum atomic E-state index is 13.0. The lowest BCUT2D eigenvalue weighted by atomic mass is 10.0. The molecule has 0 spiro atoms. The number of rotatable bonds is 60. The van der Waals surface area contributed by atoms with Crippen molar-refractivity contribution in [2.75, 3.05) is 40.9 Å². The standard InChI is InChI=1S/C67H127N2O6P/c1-6-8-10-12-14-16-18-20-22-24-26-28-30-32-33-34-35-37-39-41-43-45-47-49-51-53-55-57-59-61-67(71)68-65(64-75-76(72,73)74-63-62-69(3,4)5)66(70)60-58-56-54-52-50-48-46-44-42-40-38-36-31-29-27-25-23-21-19-17-15-13-11-9-7-2/h18,20,24,26,30,32,50,52,58,60,65-66,70H,6-17,19,21-23,25,27-29,31,33-49,51,53-57,59,61-64H2,1-5H3,(H-,68,71,72,73)/b20-18-,26-24-,32-30-,52-50+,60-58+. The van der Waals surface area contributed by atoms with Crippen LogP contribution in [-0.4, -0.2) is 68.5 Å². The first kappa shape index (κ1) is 74.2. The highest BCUT2D eigenvalue weighted by molar-refractivity contribution is 7.45.